The Labute approximate surface area is 237 Å². The quantitative estimate of drug-likeness (QED) is 0.346. The van der Waals surface area contributed by atoms with Crippen molar-refractivity contribution in [2.45, 2.75) is 63.0 Å². The first-order valence-corrected chi connectivity index (χ1v) is 14.4. The van der Waals surface area contributed by atoms with E-state index in [0.717, 1.165) is 12.8 Å². The zero-order valence-corrected chi connectivity index (χ0v) is 24.4. The van der Waals surface area contributed by atoms with E-state index in [1.807, 2.05) is 31.9 Å². The van der Waals surface area contributed by atoms with Crippen LogP contribution in [0.4, 0.5) is 10.6 Å². The summed E-state index contributed by atoms with van der Waals surface area (Å²) in [6.07, 6.45) is 3.27. The van der Waals surface area contributed by atoms with Gasteiger partial charge in [-0.25, -0.2) is 14.8 Å². The Morgan fingerprint density at radius 3 is 2.40 bits per heavy atom. The van der Waals surface area contributed by atoms with E-state index in [1.165, 1.54) is 22.4 Å². The Morgan fingerprint density at radius 2 is 1.80 bits per heavy atom. The lowest BCUT2D eigenvalue weighted by atomic mass is 10.1. The summed E-state index contributed by atoms with van der Waals surface area (Å²) in [6, 6.07) is 6.65. The predicted molar refractivity (Wildman–Crippen MR) is 153 cm³/mol. The van der Waals surface area contributed by atoms with Gasteiger partial charge in [0.05, 0.1) is 38.4 Å². The maximum absolute atomic E-state index is 13.2. The van der Waals surface area contributed by atoms with Gasteiger partial charge in [-0.2, -0.15) is 0 Å². The second kappa shape index (κ2) is 10.7. The highest BCUT2D eigenvalue weighted by Gasteiger charge is 2.45. The Hall–Kier alpha value is -3.67. The third-order valence-electron chi connectivity index (χ3n) is 7.29. The van der Waals surface area contributed by atoms with E-state index < -0.39 is 11.2 Å². The summed E-state index contributed by atoms with van der Waals surface area (Å²) in [5.74, 6) is 1.49. The van der Waals surface area contributed by atoms with Crippen molar-refractivity contribution in [3.8, 4) is 17.4 Å². The molecule has 2 atom stereocenters. The minimum absolute atomic E-state index is 0.0482. The van der Waals surface area contributed by atoms with Crippen molar-refractivity contribution in [1.29, 1.82) is 0 Å². The first kappa shape index (κ1) is 27.9. The molecule has 5 rings (SSSR count). The molecule has 11 nitrogen and oxygen atoms in total. The number of hydrogen-bond donors (Lipinski definition) is 1. The highest BCUT2D eigenvalue weighted by molar-refractivity contribution is 7.98. The van der Waals surface area contributed by atoms with Gasteiger partial charge in [-0.15, -0.1) is 0 Å². The number of ether oxygens (including phenoxy) is 3. The summed E-state index contributed by atoms with van der Waals surface area (Å²) in [4.78, 5) is 39.5. The summed E-state index contributed by atoms with van der Waals surface area (Å²) >= 11 is 1.37. The smallest absolute Gasteiger partial charge is 0.410 e. The van der Waals surface area contributed by atoms with Crippen LogP contribution in [-0.4, -0.2) is 81.9 Å². The maximum Gasteiger partial charge on any atom is 0.410 e. The van der Waals surface area contributed by atoms with Gasteiger partial charge in [0.1, 0.15) is 28.3 Å². The zero-order chi connectivity index (χ0) is 28.8. The summed E-state index contributed by atoms with van der Waals surface area (Å²) in [6.45, 7) is 6.73. The van der Waals surface area contributed by atoms with E-state index in [2.05, 4.69) is 9.88 Å². The highest BCUT2D eigenvalue weighted by Crippen LogP contribution is 2.38. The fourth-order valence-corrected chi connectivity index (χ4v) is 5.88. The largest absolute Gasteiger partial charge is 0.497 e. The Kier molecular flexibility index (Phi) is 7.47. The van der Waals surface area contributed by atoms with Crippen LogP contribution in [-0.2, 0) is 11.3 Å². The topological polar surface area (TPSA) is 119 Å². The number of thioether (sulfide) groups is 1. The Balaban J connectivity index is 1.55. The van der Waals surface area contributed by atoms with E-state index in [9.17, 15) is 14.7 Å². The van der Waals surface area contributed by atoms with Crippen LogP contribution in [0.2, 0.25) is 0 Å². The molecule has 2 unspecified atom stereocenters. The van der Waals surface area contributed by atoms with Crippen LogP contribution in [0.5, 0.6) is 17.4 Å². The van der Waals surface area contributed by atoms with Gasteiger partial charge in [-0.05, 0) is 52.0 Å². The van der Waals surface area contributed by atoms with Crippen LogP contribution in [0.3, 0.4) is 0 Å². The molecular formula is C28H35N5O6S. The number of aromatic nitrogens is 3. The number of benzene rings is 1. The van der Waals surface area contributed by atoms with Crippen molar-refractivity contribution in [2.75, 3.05) is 38.5 Å². The molecular weight excluding hydrogens is 534 g/mol. The minimum Gasteiger partial charge on any atom is -0.497 e. The maximum atomic E-state index is 13.2. The number of piperazine rings is 1. The van der Waals surface area contributed by atoms with Crippen LogP contribution in [0.1, 0.15) is 39.2 Å². The lowest BCUT2D eigenvalue weighted by Crippen LogP contribution is -2.57. The standard InChI is InChI=1S/C28H35N5O6S/c1-28(2,3)39-27(36)33-17-8-9-18(33)15-31(14-17)24-23-20(29-26(30-24)40-6)12-22(34)32(25(23)35)13-16-7-10-19(37-4)11-21(16)38-5/h7,10-12,17-18,35H,8-9,13-15H2,1-6H3. The number of methoxy groups -OCH3 is 2. The fraction of sp³-hybridized carbons (Fsp3) is 0.500. The molecule has 2 fully saturated rings. The van der Waals surface area contributed by atoms with E-state index >= 15 is 0 Å². The number of carbonyl (C=O) groups excluding carboxylic acids is 1. The zero-order valence-electron chi connectivity index (χ0n) is 23.6. The van der Waals surface area contributed by atoms with Crippen molar-refractivity contribution in [1.82, 2.24) is 19.4 Å². The Bertz CT molecular complexity index is 1490. The summed E-state index contributed by atoms with van der Waals surface area (Å²) in [5, 5.41) is 12.4. The van der Waals surface area contributed by atoms with Gasteiger partial charge in [0, 0.05) is 30.8 Å². The average Bonchev–Trinajstić information content (AvgIpc) is 3.18. The van der Waals surface area contributed by atoms with E-state index in [4.69, 9.17) is 19.2 Å². The molecule has 0 radical (unpaired) electrons. The molecule has 2 bridgehead atoms. The van der Waals surface area contributed by atoms with E-state index in [1.54, 1.807) is 32.4 Å². The first-order valence-electron chi connectivity index (χ1n) is 13.2. The Morgan fingerprint density at radius 1 is 1.10 bits per heavy atom. The first-order chi connectivity index (χ1) is 19.0. The van der Waals surface area contributed by atoms with Crippen molar-refractivity contribution < 1.29 is 24.1 Å². The van der Waals surface area contributed by atoms with Crippen molar-refractivity contribution in [3.63, 3.8) is 0 Å². The van der Waals surface area contributed by atoms with Gasteiger partial charge in [-0.1, -0.05) is 11.8 Å². The van der Waals surface area contributed by atoms with Crippen LogP contribution >= 0.6 is 11.8 Å². The third kappa shape index (κ3) is 5.24. The van der Waals surface area contributed by atoms with E-state index in [0.29, 0.717) is 52.0 Å². The van der Waals surface area contributed by atoms with E-state index in [-0.39, 0.29) is 30.6 Å². The number of rotatable bonds is 6. The van der Waals surface area contributed by atoms with Crippen molar-refractivity contribution in [2.24, 2.45) is 0 Å². The molecule has 1 N–H and O–H groups in total. The summed E-state index contributed by atoms with van der Waals surface area (Å²) < 4.78 is 17.8. The highest BCUT2D eigenvalue weighted by atomic mass is 32.2. The van der Waals surface area contributed by atoms with Crippen LogP contribution in [0.25, 0.3) is 10.9 Å². The molecule has 2 aliphatic rings. The number of anilines is 1. The van der Waals surface area contributed by atoms with Gasteiger partial charge in [0.25, 0.3) is 5.56 Å². The summed E-state index contributed by atoms with van der Waals surface area (Å²) in [7, 11) is 3.11. The molecule has 214 valence electrons. The number of aromatic hydroxyl groups is 1. The van der Waals surface area contributed by atoms with Crippen LogP contribution in [0, 0.1) is 0 Å². The molecule has 4 heterocycles. The van der Waals surface area contributed by atoms with Crippen LogP contribution < -0.4 is 19.9 Å². The fourth-order valence-electron chi connectivity index (χ4n) is 5.51. The molecule has 0 spiro atoms. The van der Waals surface area contributed by atoms with Gasteiger partial charge in [0.15, 0.2) is 5.16 Å². The molecule has 0 aliphatic carbocycles. The van der Waals surface area contributed by atoms with Gasteiger partial charge < -0.3 is 24.2 Å². The van der Waals surface area contributed by atoms with Gasteiger partial charge >= 0.3 is 6.09 Å². The number of pyridine rings is 1. The molecule has 2 aromatic heterocycles. The molecule has 1 amide bonds. The lowest BCUT2D eigenvalue weighted by Gasteiger charge is -2.42. The number of nitrogens with zero attached hydrogens (tertiary/aromatic N) is 5. The van der Waals surface area contributed by atoms with Gasteiger partial charge in [0.2, 0.25) is 5.88 Å². The lowest BCUT2D eigenvalue weighted by molar-refractivity contribution is 0.0123. The van der Waals surface area contributed by atoms with Crippen molar-refractivity contribution >= 4 is 34.6 Å². The molecule has 2 aliphatic heterocycles. The molecule has 12 heteroatoms. The van der Waals surface area contributed by atoms with Crippen molar-refractivity contribution in [3.05, 3.63) is 40.2 Å². The van der Waals surface area contributed by atoms with Crippen LogP contribution in [0.15, 0.2) is 34.2 Å². The second-order valence-electron chi connectivity index (χ2n) is 11.0. The van der Waals surface area contributed by atoms with Gasteiger partial charge in [-0.3, -0.25) is 14.3 Å². The summed E-state index contributed by atoms with van der Waals surface area (Å²) in [5.41, 5.74) is 0.101. The number of fused-ring (bicyclic) bond motifs is 3. The number of amides is 1. The molecule has 1 aromatic carbocycles. The number of hydrogen-bond acceptors (Lipinski definition) is 10. The molecule has 0 saturated carbocycles. The second-order valence-corrected chi connectivity index (χ2v) is 11.8. The molecule has 40 heavy (non-hydrogen) atoms. The molecule has 3 aromatic rings. The molecule has 2 saturated heterocycles. The third-order valence-corrected chi connectivity index (χ3v) is 7.84. The predicted octanol–water partition coefficient (Wildman–Crippen LogP) is 3.87. The minimum atomic E-state index is -0.578. The average molecular weight is 570 g/mol. The SMILES string of the molecule is COc1ccc(Cn2c(O)c3c(N4CC5CCC(C4)N5C(=O)OC(C)(C)C)nc(SC)nc3cc2=O)c(OC)c1. The monoisotopic (exact) mass is 569 g/mol. The number of carbonyl (C=O) groups is 1. The normalized spacial score (nSPS) is 18.8.